The number of rotatable bonds is 2. The van der Waals surface area contributed by atoms with Crippen LogP contribution in [0.3, 0.4) is 0 Å². The van der Waals surface area contributed by atoms with Gasteiger partial charge in [-0.15, -0.1) is 0 Å². The first-order chi connectivity index (χ1) is 7.58. The van der Waals surface area contributed by atoms with Crippen LogP contribution in [0.2, 0.25) is 5.02 Å². The molecule has 1 heterocycles. The third kappa shape index (κ3) is 2.29. The van der Waals surface area contributed by atoms with Crippen LogP contribution < -0.4 is 5.73 Å². The van der Waals surface area contributed by atoms with Gasteiger partial charge in [-0.25, -0.2) is 4.68 Å². The van der Waals surface area contributed by atoms with Gasteiger partial charge in [-0.2, -0.15) is 5.10 Å². The number of aromatic nitrogens is 2. The van der Waals surface area contributed by atoms with Crippen molar-refractivity contribution >= 4 is 27.5 Å². The van der Waals surface area contributed by atoms with Gasteiger partial charge in [0.2, 0.25) is 0 Å². The zero-order chi connectivity index (χ0) is 11.7. The lowest BCUT2D eigenvalue weighted by Gasteiger charge is -2.09. The van der Waals surface area contributed by atoms with E-state index in [1.165, 1.54) is 0 Å². The summed E-state index contributed by atoms with van der Waals surface area (Å²) in [6.07, 6.45) is 3.36. The van der Waals surface area contributed by atoms with Crippen molar-refractivity contribution in [2.75, 3.05) is 0 Å². The van der Waals surface area contributed by atoms with E-state index in [4.69, 9.17) is 17.3 Å². The van der Waals surface area contributed by atoms with Crippen molar-refractivity contribution in [2.24, 2.45) is 5.73 Å². The lowest BCUT2D eigenvalue weighted by Crippen LogP contribution is -2.05. The predicted molar refractivity (Wildman–Crippen MR) is 68.9 cm³/mol. The minimum absolute atomic E-state index is 0.0200. The van der Waals surface area contributed by atoms with Gasteiger partial charge in [0.1, 0.15) is 0 Å². The maximum absolute atomic E-state index is 5.83. The minimum Gasteiger partial charge on any atom is -0.324 e. The molecule has 16 heavy (non-hydrogen) atoms. The molecule has 5 heteroatoms. The van der Waals surface area contributed by atoms with Gasteiger partial charge in [-0.05, 0) is 40.5 Å². The van der Waals surface area contributed by atoms with E-state index in [0.29, 0.717) is 5.02 Å². The van der Waals surface area contributed by atoms with E-state index in [9.17, 15) is 0 Å². The van der Waals surface area contributed by atoms with E-state index in [1.54, 1.807) is 17.1 Å². The van der Waals surface area contributed by atoms with Crippen LogP contribution >= 0.6 is 27.5 Å². The van der Waals surface area contributed by atoms with Crippen LogP contribution in [0, 0.1) is 0 Å². The third-order valence-electron chi connectivity index (χ3n) is 2.30. The van der Waals surface area contributed by atoms with Gasteiger partial charge in [0.25, 0.3) is 0 Å². The van der Waals surface area contributed by atoms with Crippen LogP contribution in [0.4, 0.5) is 0 Å². The van der Waals surface area contributed by atoms with Crippen molar-refractivity contribution in [3.8, 4) is 5.69 Å². The van der Waals surface area contributed by atoms with Crippen LogP contribution in [-0.2, 0) is 0 Å². The highest BCUT2D eigenvalue weighted by Gasteiger charge is 2.07. The van der Waals surface area contributed by atoms with E-state index >= 15 is 0 Å². The average Bonchev–Trinajstić information content (AvgIpc) is 2.64. The Bertz CT molecular complexity index is 508. The third-order valence-corrected chi connectivity index (χ3v) is 3.13. The smallest absolute Gasteiger partial charge is 0.0790 e. The molecule has 1 aromatic carbocycles. The molecule has 1 atom stereocenters. The summed E-state index contributed by atoms with van der Waals surface area (Å²) in [5, 5.41) is 4.76. The number of nitrogens with two attached hydrogens (primary N) is 1. The number of hydrogen-bond donors (Lipinski definition) is 1. The Morgan fingerprint density at radius 1 is 1.50 bits per heavy atom. The van der Waals surface area contributed by atoms with Gasteiger partial charge in [-0.1, -0.05) is 17.7 Å². The maximum Gasteiger partial charge on any atom is 0.0790 e. The molecule has 2 N–H and O–H groups in total. The summed E-state index contributed by atoms with van der Waals surface area (Å²) >= 11 is 9.33. The Balaban J connectivity index is 2.44. The van der Waals surface area contributed by atoms with Gasteiger partial charge in [0.15, 0.2) is 0 Å². The SMILES string of the molecule is C[C@@H](N)c1ccc(-n2cc(Cl)cn2)c(Br)c1. The minimum atomic E-state index is 0.0200. The monoisotopic (exact) mass is 299 g/mol. The summed E-state index contributed by atoms with van der Waals surface area (Å²) in [5.74, 6) is 0. The molecular weight excluding hydrogens is 289 g/mol. The first kappa shape index (κ1) is 11.6. The first-order valence-corrected chi connectivity index (χ1v) is 6.00. The molecule has 0 unspecified atom stereocenters. The summed E-state index contributed by atoms with van der Waals surface area (Å²) in [4.78, 5) is 0. The molecule has 3 nitrogen and oxygen atoms in total. The van der Waals surface area contributed by atoms with Gasteiger partial charge >= 0.3 is 0 Å². The summed E-state index contributed by atoms with van der Waals surface area (Å²) in [5.41, 5.74) is 7.83. The van der Waals surface area contributed by atoms with E-state index in [2.05, 4.69) is 21.0 Å². The zero-order valence-corrected chi connectivity index (χ0v) is 11.0. The fourth-order valence-electron chi connectivity index (χ4n) is 1.42. The summed E-state index contributed by atoms with van der Waals surface area (Å²) in [7, 11) is 0. The molecule has 0 spiro atoms. The fourth-order valence-corrected chi connectivity index (χ4v) is 2.14. The van der Waals surface area contributed by atoms with Crippen LogP contribution in [0.1, 0.15) is 18.5 Å². The molecule has 0 radical (unpaired) electrons. The van der Waals surface area contributed by atoms with Crippen molar-refractivity contribution in [3.63, 3.8) is 0 Å². The van der Waals surface area contributed by atoms with Gasteiger partial charge < -0.3 is 5.73 Å². The number of halogens is 2. The Hall–Kier alpha value is -0.840. The largest absolute Gasteiger partial charge is 0.324 e. The fraction of sp³-hybridized carbons (Fsp3) is 0.182. The van der Waals surface area contributed by atoms with Crippen molar-refractivity contribution in [2.45, 2.75) is 13.0 Å². The molecule has 0 aliphatic carbocycles. The molecule has 0 amide bonds. The standard InChI is InChI=1S/C11H11BrClN3/c1-7(14)8-2-3-11(10(12)4-8)16-6-9(13)5-15-16/h2-7H,14H2,1H3/t7-/m1/s1. The summed E-state index contributed by atoms with van der Waals surface area (Å²) in [6.45, 7) is 1.95. The molecule has 0 saturated heterocycles. The lowest BCUT2D eigenvalue weighted by molar-refractivity contribution is 0.812. The van der Waals surface area contributed by atoms with Gasteiger partial charge in [0, 0.05) is 16.7 Å². The molecular formula is C11H11BrClN3. The van der Waals surface area contributed by atoms with Crippen molar-refractivity contribution in [1.29, 1.82) is 0 Å². The molecule has 0 fully saturated rings. The molecule has 2 aromatic rings. The van der Waals surface area contributed by atoms with Crippen molar-refractivity contribution in [3.05, 3.63) is 45.7 Å². The molecule has 1 aromatic heterocycles. The normalized spacial score (nSPS) is 12.8. The number of hydrogen-bond acceptors (Lipinski definition) is 2. The molecule has 0 saturated carbocycles. The first-order valence-electron chi connectivity index (χ1n) is 4.83. The number of nitrogens with zero attached hydrogens (tertiary/aromatic N) is 2. The van der Waals surface area contributed by atoms with E-state index < -0.39 is 0 Å². The van der Waals surface area contributed by atoms with Crippen LogP contribution in [0.15, 0.2) is 35.1 Å². The van der Waals surface area contributed by atoms with E-state index in [0.717, 1.165) is 15.7 Å². The highest BCUT2D eigenvalue weighted by Crippen LogP contribution is 2.25. The van der Waals surface area contributed by atoms with Crippen LogP contribution in [-0.4, -0.2) is 9.78 Å². The van der Waals surface area contributed by atoms with E-state index in [1.807, 2.05) is 25.1 Å². The topological polar surface area (TPSA) is 43.8 Å². The Morgan fingerprint density at radius 3 is 2.75 bits per heavy atom. The number of benzene rings is 1. The Morgan fingerprint density at radius 2 is 2.25 bits per heavy atom. The molecule has 0 aliphatic heterocycles. The Labute approximate surface area is 107 Å². The quantitative estimate of drug-likeness (QED) is 0.924. The second-order valence-corrected chi connectivity index (χ2v) is 4.89. The highest BCUT2D eigenvalue weighted by atomic mass is 79.9. The van der Waals surface area contributed by atoms with Crippen molar-refractivity contribution < 1.29 is 0 Å². The zero-order valence-electron chi connectivity index (χ0n) is 8.69. The molecule has 84 valence electrons. The van der Waals surface area contributed by atoms with Gasteiger partial charge in [0.05, 0.1) is 16.9 Å². The highest BCUT2D eigenvalue weighted by molar-refractivity contribution is 9.10. The summed E-state index contributed by atoms with van der Waals surface area (Å²) in [6, 6.07) is 5.97. The molecule has 0 aliphatic rings. The Kier molecular flexibility index (Phi) is 3.33. The maximum atomic E-state index is 5.83. The summed E-state index contributed by atoms with van der Waals surface area (Å²) < 4.78 is 2.67. The van der Waals surface area contributed by atoms with Gasteiger partial charge in [-0.3, -0.25) is 0 Å². The predicted octanol–water partition coefficient (Wildman–Crippen LogP) is 3.31. The van der Waals surface area contributed by atoms with Crippen molar-refractivity contribution in [1.82, 2.24) is 9.78 Å². The lowest BCUT2D eigenvalue weighted by atomic mass is 10.1. The van der Waals surface area contributed by atoms with E-state index in [-0.39, 0.29) is 6.04 Å². The molecule has 2 rings (SSSR count). The second kappa shape index (κ2) is 4.57. The second-order valence-electron chi connectivity index (χ2n) is 3.60. The van der Waals surface area contributed by atoms with Crippen LogP contribution in [0.25, 0.3) is 5.69 Å². The van der Waals surface area contributed by atoms with Crippen LogP contribution in [0.5, 0.6) is 0 Å². The average molecular weight is 301 g/mol. The molecule has 0 bridgehead atoms.